The largest absolute Gasteiger partial charge is 0.480 e. The number of hydrogen-bond acceptors (Lipinski definition) is 6. The van der Waals surface area contributed by atoms with E-state index in [9.17, 15) is 12.8 Å². The van der Waals surface area contributed by atoms with Crippen LogP contribution in [-0.4, -0.2) is 39.7 Å². The predicted octanol–water partition coefficient (Wildman–Crippen LogP) is 4.54. The van der Waals surface area contributed by atoms with Gasteiger partial charge in [-0.1, -0.05) is 17.7 Å². The van der Waals surface area contributed by atoms with Crippen molar-refractivity contribution in [2.24, 2.45) is 7.05 Å². The number of rotatable bonds is 6. The first-order valence-electron chi connectivity index (χ1n) is 10.4. The Morgan fingerprint density at radius 3 is 2.64 bits per heavy atom. The van der Waals surface area contributed by atoms with Crippen LogP contribution in [0.15, 0.2) is 66.2 Å². The number of methoxy groups -OCH3 is 1. The van der Waals surface area contributed by atoms with Gasteiger partial charge in [-0.05, 0) is 30.3 Å². The average molecular weight is 531 g/mol. The maximum Gasteiger partial charge on any atom is 0.267 e. The van der Waals surface area contributed by atoms with Crippen LogP contribution in [-0.2, 0) is 17.1 Å². The highest BCUT2D eigenvalue weighted by Crippen LogP contribution is 2.34. The lowest BCUT2D eigenvalue weighted by Crippen LogP contribution is -2.16. The summed E-state index contributed by atoms with van der Waals surface area (Å²) in [5, 5.41) is 4.37. The Balaban J connectivity index is 1.55. The minimum atomic E-state index is -4.38. The quantitative estimate of drug-likeness (QED) is 0.346. The molecular formula is C23H17ClF2N6O3S. The molecule has 5 rings (SSSR count). The van der Waals surface area contributed by atoms with E-state index in [0.717, 1.165) is 18.2 Å². The second-order valence-electron chi connectivity index (χ2n) is 7.73. The van der Waals surface area contributed by atoms with Crippen molar-refractivity contribution in [3.05, 3.63) is 78.0 Å². The molecule has 0 saturated heterocycles. The number of hydrogen-bond donors (Lipinski definition) is 1. The number of aryl methyl sites for hydroxylation is 1. The molecule has 0 aliphatic rings. The highest BCUT2D eigenvalue weighted by molar-refractivity contribution is 7.92. The lowest BCUT2D eigenvalue weighted by Gasteiger charge is -2.14. The fourth-order valence-electron chi connectivity index (χ4n) is 3.74. The molecule has 0 aliphatic heterocycles. The van der Waals surface area contributed by atoms with Crippen LogP contribution >= 0.6 is 11.6 Å². The third-order valence-electron chi connectivity index (χ3n) is 5.38. The summed E-state index contributed by atoms with van der Waals surface area (Å²) in [6.07, 6.45) is 5.99. The van der Waals surface area contributed by atoms with E-state index in [2.05, 4.69) is 19.8 Å². The Labute approximate surface area is 209 Å². The van der Waals surface area contributed by atoms with Gasteiger partial charge in [-0.25, -0.2) is 27.2 Å². The number of imidazole rings is 1. The van der Waals surface area contributed by atoms with E-state index >= 15 is 4.39 Å². The van der Waals surface area contributed by atoms with Crippen molar-refractivity contribution in [1.82, 2.24) is 24.1 Å². The summed E-state index contributed by atoms with van der Waals surface area (Å²) in [6.45, 7) is 0. The normalized spacial score (nSPS) is 11.7. The third-order valence-corrected chi connectivity index (χ3v) is 6.95. The molecule has 0 aliphatic carbocycles. The number of nitrogens with zero attached hydrogens (tertiary/aromatic N) is 5. The van der Waals surface area contributed by atoms with Crippen molar-refractivity contribution < 1.29 is 21.9 Å². The molecule has 0 saturated carbocycles. The molecule has 1 aromatic carbocycles. The van der Waals surface area contributed by atoms with Crippen molar-refractivity contribution in [3.8, 4) is 28.4 Å². The standard InChI is InChI=1S/C23H17ClF2N6O3S/c1-31-8-7-17(29-31)22-18-6-3-13(11-32(18)12-28-22)20-15(25)4-5-16(21(20)26)30-36(33,34)19-9-14(24)10-27-23(19)35-2/h3-12,30H,1-2H3. The van der Waals surface area contributed by atoms with Crippen molar-refractivity contribution >= 4 is 32.8 Å². The van der Waals surface area contributed by atoms with Crippen LogP contribution in [0, 0.1) is 11.6 Å². The van der Waals surface area contributed by atoms with E-state index < -0.39 is 37.8 Å². The second kappa shape index (κ2) is 8.88. The molecule has 1 N–H and O–H groups in total. The first kappa shape index (κ1) is 23.7. The SMILES string of the molecule is COc1ncc(Cl)cc1S(=O)(=O)Nc1ccc(F)c(-c2ccc3c(-c4ccn(C)n4)ncn3c2)c1F. The van der Waals surface area contributed by atoms with Crippen molar-refractivity contribution in [2.45, 2.75) is 4.90 Å². The molecule has 0 radical (unpaired) electrons. The molecule has 4 heterocycles. The Morgan fingerprint density at radius 2 is 1.92 bits per heavy atom. The van der Waals surface area contributed by atoms with Gasteiger partial charge in [0, 0.05) is 31.2 Å². The van der Waals surface area contributed by atoms with Gasteiger partial charge < -0.3 is 9.14 Å². The van der Waals surface area contributed by atoms with Crippen LogP contribution in [0.5, 0.6) is 5.88 Å². The van der Waals surface area contributed by atoms with E-state index in [4.69, 9.17) is 16.3 Å². The van der Waals surface area contributed by atoms with E-state index in [0.29, 0.717) is 16.9 Å². The number of sulfonamides is 1. The average Bonchev–Trinajstić information content (AvgIpc) is 3.46. The second-order valence-corrected chi connectivity index (χ2v) is 9.82. The molecular weight excluding hydrogens is 514 g/mol. The molecule has 0 spiro atoms. The summed E-state index contributed by atoms with van der Waals surface area (Å²) >= 11 is 5.88. The Kier molecular flexibility index (Phi) is 5.85. The summed E-state index contributed by atoms with van der Waals surface area (Å²) in [5.41, 5.74) is 1.22. The van der Waals surface area contributed by atoms with Crippen LogP contribution in [0.2, 0.25) is 5.02 Å². The smallest absolute Gasteiger partial charge is 0.267 e. The van der Waals surface area contributed by atoms with Gasteiger partial charge in [-0.2, -0.15) is 5.10 Å². The van der Waals surface area contributed by atoms with Gasteiger partial charge in [0.2, 0.25) is 5.88 Å². The summed E-state index contributed by atoms with van der Waals surface area (Å²) in [5.74, 6) is -2.21. The van der Waals surface area contributed by atoms with E-state index in [1.807, 2.05) is 0 Å². The zero-order valence-corrected chi connectivity index (χ0v) is 20.3. The minimum Gasteiger partial charge on any atom is -0.480 e. The lowest BCUT2D eigenvalue weighted by atomic mass is 10.0. The fraction of sp³-hybridized carbons (Fsp3) is 0.0870. The van der Waals surface area contributed by atoms with Gasteiger partial charge in [-0.15, -0.1) is 0 Å². The molecule has 0 bridgehead atoms. The van der Waals surface area contributed by atoms with Crippen LogP contribution in [0.25, 0.3) is 28.0 Å². The first-order chi connectivity index (χ1) is 17.2. The molecule has 0 fully saturated rings. The van der Waals surface area contributed by atoms with Crippen LogP contribution < -0.4 is 9.46 Å². The topological polar surface area (TPSA) is 103 Å². The Morgan fingerprint density at radius 1 is 1.11 bits per heavy atom. The zero-order chi connectivity index (χ0) is 25.6. The number of benzene rings is 1. The number of pyridine rings is 2. The number of halogens is 3. The summed E-state index contributed by atoms with van der Waals surface area (Å²) < 4.78 is 66.6. The predicted molar refractivity (Wildman–Crippen MR) is 129 cm³/mol. The lowest BCUT2D eigenvalue weighted by molar-refractivity contribution is 0.385. The summed E-state index contributed by atoms with van der Waals surface area (Å²) in [4.78, 5) is 7.78. The van der Waals surface area contributed by atoms with Gasteiger partial charge in [-0.3, -0.25) is 9.40 Å². The summed E-state index contributed by atoms with van der Waals surface area (Å²) in [6, 6.07) is 8.06. The number of anilines is 1. The molecule has 13 heteroatoms. The van der Waals surface area contributed by atoms with Gasteiger partial charge >= 0.3 is 0 Å². The number of fused-ring (bicyclic) bond motifs is 1. The van der Waals surface area contributed by atoms with Crippen LogP contribution in [0.4, 0.5) is 14.5 Å². The van der Waals surface area contributed by atoms with Crippen LogP contribution in [0.1, 0.15) is 0 Å². The van der Waals surface area contributed by atoms with Crippen molar-refractivity contribution in [1.29, 1.82) is 0 Å². The molecule has 9 nitrogen and oxygen atoms in total. The van der Waals surface area contributed by atoms with Crippen molar-refractivity contribution in [2.75, 3.05) is 11.8 Å². The van der Waals surface area contributed by atoms with Gasteiger partial charge in [0.25, 0.3) is 10.0 Å². The molecule has 36 heavy (non-hydrogen) atoms. The molecule has 0 unspecified atom stereocenters. The Bertz CT molecular complexity index is 1740. The minimum absolute atomic E-state index is 0.0372. The number of nitrogens with one attached hydrogen (secondary N) is 1. The maximum atomic E-state index is 15.5. The number of ether oxygens (including phenoxy) is 1. The first-order valence-corrected chi connectivity index (χ1v) is 12.2. The summed E-state index contributed by atoms with van der Waals surface area (Å²) in [7, 11) is -1.36. The van der Waals surface area contributed by atoms with Crippen LogP contribution in [0.3, 0.4) is 0 Å². The van der Waals surface area contributed by atoms with E-state index in [1.165, 1.54) is 31.9 Å². The van der Waals surface area contributed by atoms with Gasteiger partial charge in [0.15, 0.2) is 10.7 Å². The zero-order valence-electron chi connectivity index (χ0n) is 18.8. The monoisotopic (exact) mass is 530 g/mol. The highest BCUT2D eigenvalue weighted by atomic mass is 35.5. The van der Waals surface area contributed by atoms with Crippen molar-refractivity contribution in [3.63, 3.8) is 0 Å². The van der Waals surface area contributed by atoms with E-state index in [1.54, 1.807) is 34.5 Å². The molecule has 5 aromatic rings. The molecule has 0 atom stereocenters. The highest BCUT2D eigenvalue weighted by Gasteiger charge is 2.25. The molecule has 184 valence electrons. The van der Waals surface area contributed by atoms with Gasteiger partial charge in [0.1, 0.15) is 23.5 Å². The van der Waals surface area contributed by atoms with E-state index in [-0.39, 0.29) is 16.5 Å². The Hall–Kier alpha value is -4.03. The van der Waals surface area contributed by atoms with Gasteiger partial charge in [0.05, 0.1) is 28.9 Å². The molecule has 0 amide bonds. The third kappa shape index (κ3) is 4.14. The molecule has 4 aromatic heterocycles. The fourth-order valence-corrected chi connectivity index (χ4v) is 5.16. The number of aromatic nitrogens is 5. The maximum absolute atomic E-state index is 15.5.